The van der Waals surface area contributed by atoms with Gasteiger partial charge >= 0.3 is 0 Å². The number of fused-ring (bicyclic) bond motifs is 4. The standard InChI is InChI=1S/C35H44N8O3/c1-46-19-18-42(34-12-14-35(15-13-34,30(45)22-34)25-7-3-2-4-8-25)16-10-27(28-21-31(36)37-33-32(28)38-41-39-33)29-11-17-43(40-29)23-24-6-5-9-26(44)20-24/h2-9,11,17,20-21,27,30,38,41,44-45H,10,12-16,18-19,22-23H2,1H3,(H3,36,37,39)/t27?,30-,34?,35?/m1/s1. The van der Waals surface area contributed by atoms with E-state index in [0.717, 1.165) is 74.1 Å². The second kappa shape index (κ2) is 12.6. The number of aliphatic hydroxyl groups is 1. The number of benzene rings is 2. The van der Waals surface area contributed by atoms with Crippen molar-refractivity contribution in [1.82, 2.24) is 25.2 Å². The average Bonchev–Trinajstić information content (AvgIpc) is 3.73. The summed E-state index contributed by atoms with van der Waals surface area (Å²) in [5.41, 5.74) is 20.4. The molecule has 11 nitrogen and oxygen atoms in total. The van der Waals surface area contributed by atoms with Gasteiger partial charge in [-0.05, 0) is 86.0 Å². The van der Waals surface area contributed by atoms with Gasteiger partial charge in [0.05, 0.1) is 30.6 Å². The Kier molecular flexibility index (Phi) is 8.33. The molecule has 0 saturated heterocycles. The van der Waals surface area contributed by atoms with E-state index < -0.39 is 6.10 Å². The van der Waals surface area contributed by atoms with Crippen LogP contribution in [0.15, 0.2) is 72.9 Å². The minimum absolute atomic E-state index is 0.0827. The Bertz CT molecular complexity index is 1650. The van der Waals surface area contributed by atoms with Gasteiger partial charge in [0.15, 0.2) is 5.82 Å². The number of aliphatic hydroxyl groups excluding tert-OH is 1. The number of hydrogen-bond donors (Lipinski definition) is 6. The zero-order chi connectivity index (χ0) is 31.7. The molecule has 3 heterocycles. The van der Waals surface area contributed by atoms with Crippen LogP contribution in [0, 0.1) is 0 Å². The van der Waals surface area contributed by atoms with E-state index in [1.807, 2.05) is 35.1 Å². The predicted molar refractivity (Wildman–Crippen MR) is 178 cm³/mol. The van der Waals surface area contributed by atoms with Crippen molar-refractivity contribution in [3.63, 3.8) is 0 Å². The molecule has 7 N–H and O–H groups in total. The second-order valence-corrected chi connectivity index (χ2v) is 13.1. The fourth-order valence-corrected chi connectivity index (χ4v) is 8.21. The molecule has 4 aromatic rings. The summed E-state index contributed by atoms with van der Waals surface area (Å²) >= 11 is 0. The highest BCUT2D eigenvalue weighted by Crippen LogP contribution is 2.56. The number of aromatic nitrogens is 3. The lowest BCUT2D eigenvalue weighted by atomic mass is 9.53. The number of phenols is 1. The van der Waals surface area contributed by atoms with Crippen LogP contribution in [0.1, 0.15) is 66.8 Å². The molecule has 2 bridgehead atoms. The maximum Gasteiger partial charge on any atom is 0.169 e. The van der Waals surface area contributed by atoms with E-state index in [1.165, 1.54) is 5.56 Å². The van der Waals surface area contributed by atoms with Crippen LogP contribution < -0.4 is 22.1 Å². The number of nitrogen functional groups attached to an aromatic ring is 1. The number of hydrazine groups is 2. The van der Waals surface area contributed by atoms with Gasteiger partial charge in [0, 0.05) is 36.7 Å². The summed E-state index contributed by atoms with van der Waals surface area (Å²) in [4.78, 5) is 7.06. The molecule has 1 unspecified atom stereocenters. The summed E-state index contributed by atoms with van der Waals surface area (Å²) in [7, 11) is 1.75. The number of aromatic hydroxyl groups is 1. The maximum atomic E-state index is 11.7. The SMILES string of the molecule is COCCN(CCC(c1ccn(Cc2cccc(O)c2)n1)c1cc(N)nc2c1NNN2)C12CCC(c3ccccc3)(CC1)[C@H](O)C2. The Labute approximate surface area is 269 Å². The van der Waals surface area contributed by atoms with Gasteiger partial charge in [-0.15, -0.1) is 5.53 Å². The summed E-state index contributed by atoms with van der Waals surface area (Å²) in [6.45, 7) is 2.76. The Balaban J connectivity index is 1.17. The van der Waals surface area contributed by atoms with E-state index in [0.29, 0.717) is 24.8 Å². The van der Waals surface area contributed by atoms with Crippen molar-refractivity contribution in [2.24, 2.45) is 0 Å². The molecule has 3 aliphatic carbocycles. The summed E-state index contributed by atoms with van der Waals surface area (Å²) in [6, 6.07) is 21.9. The zero-order valence-corrected chi connectivity index (χ0v) is 26.3. The molecule has 0 radical (unpaired) electrons. The van der Waals surface area contributed by atoms with Crippen molar-refractivity contribution < 1.29 is 14.9 Å². The number of rotatable bonds is 12. The first-order chi connectivity index (χ1) is 22.4. The topological polar surface area (TPSA) is 146 Å². The number of hydrogen-bond acceptors (Lipinski definition) is 10. The Morgan fingerprint density at radius 3 is 2.63 bits per heavy atom. The van der Waals surface area contributed by atoms with Gasteiger partial charge < -0.3 is 26.1 Å². The normalized spacial score (nSPS) is 24.0. The lowest BCUT2D eigenvalue weighted by Crippen LogP contribution is -2.64. The largest absolute Gasteiger partial charge is 0.508 e. The van der Waals surface area contributed by atoms with Gasteiger partial charge in [-0.3, -0.25) is 15.0 Å². The Morgan fingerprint density at radius 1 is 1.04 bits per heavy atom. The van der Waals surface area contributed by atoms with Gasteiger partial charge in [0.2, 0.25) is 0 Å². The highest BCUT2D eigenvalue weighted by molar-refractivity contribution is 5.75. The summed E-state index contributed by atoms with van der Waals surface area (Å²) in [5, 5.41) is 26.7. The first kappa shape index (κ1) is 30.5. The molecule has 3 fully saturated rings. The maximum absolute atomic E-state index is 11.7. The number of anilines is 3. The van der Waals surface area contributed by atoms with E-state index in [2.05, 4.69) is 56.6 Å². The van der Waals surface area contributed by atoms with E-state index in [4.69, 9.17) is 15.6 Å². The van der Waals surface area contributed by atoms with Crippen molar-refractivity contribution >= 4 is 17.3 Å². The quantitative estimate of drug-likeness (QED) is 0.134. The molecule has 242 valence electrons. The fraction of sp³-hybridized carbons (Fsp3) is 0.429. The lowest BCUT2D eigenvalue weighted by molar-refractivity contribution is -0.104. The van der Waals surface area contributed by atoms with Crippen LogP contribution in [-0.4, -0.2) is 68.3 Å². The highest BCUT2D eigenvalue weighted by atomic mass is 16.5. The lowest BCUT2D eigenvalue weighted by Gasteiger charge is -2.60. The molecule has 4 aliphatic rings. The van der Waals surface area contributed by atoms with Gasteiger partial charge in [-0.1, -0.05) is 42.5 Å². The summed E-state index contributed by atoms with van der Waals surface area (Å²) in [6.07, 6.45) is 7.16. The summed E-state index contributed by atoms with van der Waals surface area (Å²) < 4.78 is 7.52. The molecule has 3 saturated carbocycles. The smallest absolute Gasteiger partial charge is 0.169 e. The Hall–Kier alpha value is -4.16. The fourth-order valence-electron chi connectivity index (χ4n) is 8.21. The van der Waals surface area contributed by atoms with Crippen molar-refractivity contribution in [1.29, 1.82) is 0 Å². The number of nitrogens with zero attached hydrogens (tertiary/aromatic N) is 4. The number of pyridine rings is 1. The number of nitrogens with two attached hydrogens (primary N) is 1. The van der Waals surface area contributed by atoms with Crippen LogP contribution in [0.3, 0.4) is 0 Å². The van der Waals surface area contributed by atoms with Crippen LogP contribution in [0.2, 0.25) is 0 Å². The molecule has 2 atom stereocenters. The number of methoxy groups -OCH3 is 1. The molecule has 11 heteroatoms. The van der Waals surface area contributed by atoms with Gasteiger partial charge in [-0.25, -0.2) is 4.98 Å². The molecular weight excluding hydrogens is 580 g/mol. The van der Waals surface area contributed by atoms with Crippen molar-refractivity contribution in [2.75, 3.05) is 43.4 Å². The van der Waals surface area contributed by atoms with Crippen molar-refractivity contribution in [3.8, 4) is 5.75 Å². The van der Waals surface area contributed by atoms with E-state index in [9.17, 15) is 10.2 Å². The molecule has 0 amide bonds. The molecule has 46 heavy (non-hydrogen) atoms. The Morgan fingerprint density at radius 2 is 1.87 bits per heavy atom. The number of nitrogens with one attached hydrogen (secondary N) is 3. The third-order valence-electron chi connectivity index (χ3n) is 10.6. The van der Waals surface area contributed by atoms with E-state index in [1.54, 1.807) is 19.2 Å². The number of ether oxygens (including phenoxy) is 1. The first-order valence-electron chi connectivity index (χ1n) is 16.3. The first-order valence-corrected chi connectivity index (χ1v) is 16.3. The number of phenolic OH excluding ortho intramolecular Hbond substituents is 1. The minimum Gasteiger partial charge on any atom is -0.508 e. The van der Waals surface area contributed by atoms with E-state index in [-0.39, 0.29) is 22.6 Å². The monoisotopic (exact) mass is 624 g/mol. The van der Waals surface area contributed by atoms with Crippen molar-refractivity contribution in [2.45, 2.75) is 68.0 Å². The van der Waals surface area contributed by atoms with Crippen LogP contribution >= 0.6 is 0 Å². The van der Waals surface area contributed by atoms with E-state index >= 15 is 0 Å². The highest BCUT2D eigenvalue weighted by Gasteiger charge is 2.56. The van der Waals surface area contributed by atoms with Crippen LogP contribution in [0.5, 0.6) is 5.75 Å². The summed E-state index contributed by atoms with van der Waals surface area (Å²) in [5.74, 6) is 1.25. The third kappa shape index (κ3) is 5.68. The molecule has 2 aromatic carbocycles. The van der Waals surface area contributed by atoms with Crippen LogP contribution in [-0.2, 0) is 16.7 Å². The molecule has 1 aliphatic heterocycles. The molecule has 2 aromatic heterocycles. The molecular formula is C35H44N8O3. The van der Waals surface area contributed by atoms with Gasteiger partial charge in [-0.2, -0.15) is 5.10 Å². The second-order valence-electron chi connectivity index (χ2n) is 13.1. The van der Waals surface area contributed by atoms with Crippen LogP contribution in [0.4, 0.5) is 17.3 Å². The minimum atomic E-state index is -0.393. The average molecular weight is 625 g/mol. The zero-order valence-electron chi connectivity index (χ0n) is 26.3. The molecule has 0 spiro atoms. The third-order valence-corrected chi connectivity index (χ3v) is 10.6. The van der Waals surface area contributed by atoms with Gasteiger partial charge in [0.25, 0.3) is 0 Å². The molecule has 8 rings (SSSR count). The van der Waals surface area contributed by atoms with Crippen LogP contribution in [0.25, 0.3) is 0 Å². The van der Waals surface area contributed by atoms with Gasteiger partial charge in [0.1, 0.15) is 11.6 Å². The van der Waals surface area contributed by atoms with Crippen molar-refractivity contribution in [3.05, 3.63) is 95.3 Å². The predicted octanol–water partition coefficient (Wildman–Crippen LogP) is 4.36.